The molecule has 2 N–H and O–H groups in total. The van der Waals surface area contributed by atoms with Crippen LogP contribution in [0.4, 0.5) is 4.39 Å². The number of carboxylic acid groups (broad SMARTS) is 1. The van der Waals surface area contributed by atoms with Gasteiger partial charge in [0.25, 0.3) is 0 Å². The number of aliphatic carboxylic acids is 1. The Bertz CT molecular complexity index is 824. The topological polar surface area (TPSA) is 53.1 Å². The number of aromatic nitrogens is 1. The Labute approximate surface area is 128 Å². The van der Waals surface area contributed by atoms with Crippen molar-refractivity contribution in [3.63, 3.8) is 0 Å². The summed E-state index contributed by atoms with van der Waals surface area (Å²) in [5, 5.41) is 9.72. The molecule has 0 unspecified atom stereocenters. The third-order valence-electron chi connectivity index (χ3n) is 3.35. The van der Waals surface area contributed by atoms with Crippen LogP contribution in [0.5, 0.6) is 0 Å². The van der Waals surface area contributed by atoms with Gasteiger partial charge in [0, 0.05) is 9.86 Å². The number of benzene rings is 2. The fourth-order valence-electron chi connectivity index (χ4n) is 2.44. The Morgan fingerprint density at radius 2 is 1.90 bits per heavy atom. The molecule has 0 fully saturated rings. The van der Waals surface area contributed by atoms with Crippen LogP contribution in [0.25, 0.3) is 22.2 Å². The van der Waals surface area contributed by atoms with Gasteiger partial charge in [0.1, 0.15) is 5.82 Å². The van der Waals surface area contributed by atoms with Gasteiger partial charge in [-0.05, 0) is 29.3 Å². The highest BCUT2D eigenvalue weighted by atomic mass is 79.9. The van der Waals surface area contributed by atoms with Gasteiger partial charge in [-0.1, -0.05) is 40.2 Å². The van der Waals surface area contributed by atoms with E-state index in [1.807, 2.05) is 24.3 Å². The molecule has 0 saturated heterocycles. The number of carboxylic acids is 1. The first kappa shape index (κ1) is 13.8. The average molecular weight is 348 g/mol. The van der Waals surface area contributed by atoms with Crippen molar-refractivity contribution in [2.45, 2.75) is 6.42 Å². The molecule has 0 radical (unpaired) electrons. The Kier molecular flexibility index (Phi) is 3.51. The Balaban J connectivity index is 2.27. The zero-order valence-corrected chi connectivity index (χ0v) is 12.4. The van der Waals surface area contributed by atoms with Crippen LogP contribution in [0, 0.1) is 5.82 Å². The van der Waals surface area contributed by atoms with E-state index in [1.165, 1.54) is 6.07 Å². The number of nitrogens with one attached hydrogen (secondary N) is 1. The molecular weight excluding hydrogens is 337 g/mol. The molecule has 1 heterocycles. The average Bonchev–Trinajstić information content (AvgIpc) is 2.80. The lowest BCUT2D eigenvalue weighted by Gasteiger charge is -2.03. The number of hydrogen-bond donors (Lipinski definition) is 2. The first-order chi connectivity index (χ1) is 10.1. The quantitative estimate of drug-likeness (QED) is 0.739. The standard InChI is InChI=1S/C16H11BrFNO2/c17-10-6-4-9(5-7-10)15-12(8-14(20)21)11-2-1-3-13(18)16(11)19-15/h1-7,19H,8H2,(H,20,21). The summed E-state index contributed by atoms with van der Waals surface area (Å²) in [6.07, 6.45) is -0.158. The molecule has 0 aliphatic heterocycles. The number of rotatable bonds is 3. The van der Waals surface area contributed by atoms with Crippen LogP contribution in [0.2, 0.25) is 0 Å². The maximum atomic E-state index is 13.9. The van der Waals surface area contributed by atoms with Gasteiger partial charge in [-0.15, -0.1) is 0 Å². The molecular formula is C16H11BrFNO2. The molecule has 0 aliphatic carbocycles. The molecule has 106 valence electrons. The molecule has 0 bridgehead atoms. The summed E-state index contributed by atoms with van der Waals surface area (Å²) in [5.74, 6) is -1.33. The second-order valence-electron chi connectivity index (χ2n) is 4.72. The SMILES string of the molecule is O=C(O)Cc1c(-c2ccc(Br)cc2)[nH]c2c(F)cccc12. The summed E-state index contributed by atoms with van der Waals surface area (Å²) < 4.78 is 14.8. The third kappa shape index (κ3) is 2.56. The van der Waals surface area contributed by atoms with Gasteiger partial charge in [-0.25, -0.2) is 4.39 Å². The largest absolute Gasteiger partial charge is 0.481 e. The molecule has 21 heavy (non-hydrogen) atoms. The number of para-hydroxylation sites is 1. The third-order valence-corrected chi connectivity index (χ3v) is 3.88. The number of halogens is 2. The van der Waals surface area contributed by atoms with E-state index in [2.05, 4.69) is 20.9 Å². The number of H-pyrrole nitrogens is 1. The fourth-order valence-corrected chi connectivity index (χ4v) is 2.70. The number of fused-ring (bicyclic) bond motifs is 1. The molecule has 3 nitrogen and oxygen atoms in total. The molecule has 3 aromatic rings. The maximum absolute atomic E-state index is 13.9. The highest BCUT2D eigenvalue weighted by Gasteiger charge is 2.17. The van der Waals surface area contributed by atoms with E-state index in [1.54, 1.807) is 12.1 Å². The van der Waals surface area contributed by atoms with Crippen molar-refractivity contribution < 1.29 is 14.3 Å². The van der Waals surface area contributed by atoms with Crippen molar-refractivity contribution in [1.82, 2.24) is 4.98 Å². The Hall–Kier alpha value is -2.14. The minimum absolute atomic E-state index is 0.158. The van der Waals surface area contributed by atoms with Crippen LogP contribution in [0.3, 0.4) is 0 Å². The Morgan fingerprint density at radius 3 is 2.57 bits per heavy atom. The van der Waals surface area contributed by atoms with Gasteiger partial charge in [0.2, 0.25) is 0 Å². The van der Waals surface area contributed by atoms with E-state index >= 15 is 0 Å². The summed E-state index contributed by atoms with van der Waals surface area (Å²) in [6.45, 7) is 0. The number of aromatic amines is 1. The molecule has 1 aromatic heterocycles. The monoisotopic (exact) mass is 347 g/mol. The van der Waals surface area contributed by atoms with E-state index in [4.69, 9.17) is 5.11 Å². The van der Waals surface area contributed by atoms with E-state index < -0.39 is 5.97 Å². The normalized spacial score (nSPS) is 11.0. The minimum Gasteiger partial charge on any atom is -0.481 e. The first-order valence-electron chi connectivity index (χ1n) is 6.33. The fraction of sp³-hybridized carbons (Fsp3) is 0.0625. The van der Waals surface area contributed by atoms with E-state index in [9.17, 15) is 9.18 Å². The van der Waals surface area contributed by atoms with Crippen LogP contribution in [-0.4, -0.2) is 16.1 Å². The van der Waals surface area contributed by atoms with Crippen LogP contribution >= 0.6 is 15.9 Å². The van der Waals surface area contributed by atoms with E-state index in [-0.39, 0.29) is 12.2 Å². The lowest BCUT2D eigenvalue weighted by Crippen LogP contribution is -2.00. The lowest BCUT2D eigenvalue weighted by atomic mass is 10.0. The van der Waals surface area contributed by atoms with E-state index in [0.29, 0.717) is 22.2 Å². The minimum atomic E-state index is -0.946. The van der Waals surface area contributed by atoms with Gasteiger partial charge in [-0.3, -0.25) is 4.79 Å². The summed E-state index contributed by atoms with van der Waals surface area (Å²) >= 11 is 3.36. The predicted molar refractivity (Wildman–Crippen MR) is 82.7 cm³/mol. The first-order valence-corrected chi connectivity index (χ1v) is 7.12. The van der Waals surface area contributed by atoms with Crippen LogP contribution in [0.1, 0.15) is 5.56 Å². The maximum Gasteiger partial charge on any atom is 0.307 e. The van der Waals surface area contributed by atoms with Crippen LogP contribution in [-0.2, 0) is 11.2 Å². The lowest BCUT2D eigenvalue weighted by molar-refractivity contribution is -0.136. The summed E-state index contributed by atoms with van der Waals surface area (Å²) in [4.78, 5) is 14.1. The predicted octanol–water partition coefficient (Wildman–Crippen LogP) is 4.36. The molecule has 0 amide bonds. The van der Waals surface area contributed by atoms with Gasteiger partial charge < -0.3 is 10.1 Å². The smallest absolute Gasteiger partial charge is 0.307 e. The summed E-state index contributed by atoms with van der Waals surface area (Å²) in [6, 6.07) is 12.1. The summed E-state index contributed by atoms with van der Waals surface area (Å²) in [7, 11) is 0. The molecule has 0 atom stereocenters. The van der Waals surface area contributed by atoms with Crippen molar-refractivity contribution in [1.29, 1.82) is 0 Å². The molecule has 0 aliphatic rings. The van der Waals surface area contributed by atoms with Crippen molar-refractivity contribution in [2.24, 2.45) is 0 Å². The number of carbonyl (C=O) groups is 1. The van der Waals surface area contributed by atoms with Gasteiger partial charge in [0.05, 0.1) is 17.6 Å². The number of hydrogen-bond acceptors (Lipinski definition) is 1. The second-order valence-corrected chi connectivity index (χ2v) is 5.63. The van der Waals surface area contributed by atoms with Gasteiger partial charge in [0.15, 0.2) is 0 Å². The second kappa shape index (κ2) is 5.33. The molecule has 3 rings (SSSR count). The van der Waals surface area contributed by atoms with E-state index in [0.717, 1.165) is 10.0 Å². The van der Waals surface area contributed by atoms with Crippen molar-refractivity contribution in [2.75, 3.05) is 0 Å². The van der Waals surface area contributed by atoms with Gasteiger partial charge >= 0.3 is 5.97 Å². The Morgan fingerprint density at radius 1 is 1.19 bits per heavy atom. The van der Waals surface area contributed by atoms with Crippen LogP contribution < -0.4 is 0 Å². The molecule has 5 heteroatoms. The summed E-state index contributed by atoms with van der Waals surface area (Å²) in [5.41, 5.74) is 2.40. The zero-order chi connectivity index (χ0) is 15.0. The molecule has 0 spiro atoms. The van der Waals surface area contributed by atoms with Crippen LogP contribution in [0.15, 0.2) is 46.9 Å². The zero-order valence-electron chi connectivity index (χ0n) is 10.9. The highest BCUT2D eigenvalue weighted by molar-refractivity contribution is 9.10. The van der Waals surface area contributed by atoms with Crippen molar-refractivity contribution >= 4 is 32.8 Å². The van der Waals surface area contributed by atoms with Crippen molar-refractivity contribution in [3.05, 3.63) is 58.3 Å². The van der Waals surface area contributed by atoms with Gasteiger partial charge in [-0.2, -0.15) is 0 Å². The highest BCUT2D eigenvalue weighted by Crippen LogP contribution is 2.32. The molecule has 0 saturated carbocycles. The van der Waals surface area contributed by atoms with Crippen molar-refractivity contribution in [3.8, 4) is 11.3 Å². The molecule has 2 aromatic carbocycles.